The summed E-state index contributed by atoms with van der Waals surface area (Å²) in [5.41, 5.74) is 1.72. The third kappa shape index (κ3) is 4.84. The van der Waals surface area contributed by atoms with E-state index < -0.39 is 0 Å². The van der Waals surface area contributed by atoms with Crippen LogP contribution in [0, 0.1) is 0 Å². The molecule has 0 saturated carbocycles. The molecular formula is C19H22N2O3. The maximum absolute atomic E-state index is 12.2. The van der Waals surface area contributed by atoms with Gasteiger partial charge in [0.2, 0.25) is 5.91 Å². The molecule has 0 atom stereocenters. The number of rotatable bonds is 7. The Labute approximate surface area is 142 Å². The number of methoxy groups -OCH3 is 1. The first-order valence-corrected chi connectivity index (χ1v) is 7.78. The number of hydrogen-bond donors (Lipinski definition) is 0. The van der Waals surface area contributed by atoms with Crippen molar-refractivity contribution in [3.63, 3.8) is 0 Å². The molecule has 0 unspecified atom stereocenters. The first kappa shape index (κ1) is 17.5. The minimum atomic E-state index is -0.0893. The highest BCUT2D eigenvalue weighted by atomic mass is 16.5. The van der Waals surface area contributed by atoms with Crippen LogP contribution in [-0.4, -0.2) is 36.6 Å². The Kier molecular flexibility index (Phi) is 6.37. The largest absolute Gasteiger partial charge is 0.493 e. The molecule has 1 amide bonds. The van der Waals surface area contributed by atoms with Gasteiger partial charge in [0.25, 0.3) is 0 Å². The van der Waals surface area contributed by atoms with Gasteiger partial charge >= 0.3 is 0 Å². The molecule has 1 heterocycles. The van der Waals surface area contributed by atoms with Crippen LogP contribution >= 0.6 is 0 Å². The molecule has 24 heavy (non-hydrogen) atoms. The first-order valence-electron chi connectivity index (χ1n) is 7.78. The molecule has 0 fully saturated rings. The topological polar surface area (TPSA) is 51.7 Å². The zero-order chi connectivity index (χ0) is 17.4. The molecule has 1 aromatic carbocycles. The Morgan fingerprint density at radius 3 is 2.75 bits per heavy atom. The molecule has 126 valence electrons. The van der Waals surface area contributed by atoms with Gasteiger partial charge in [-0.2, -0.15) is 0 Å². The monoisotopic (exact) mass is 326 g/mol. The highest BCUT2D eigenvalue weighted by molar-refractivity contribution is 5.91. The lowest BCUT2D eigenvalue weighted by atomic mass is 10.2. The van der Waals surface area contributed by atoms with Crippen molar-refractivity contribution in [3.8, 4) is 11.5 Å². The fraction of sp³-hybridized carbons (Fsp3) is 0.263. The third-order valence-corrected chi connectivity index (χ3v) is 3.41. The van der Waals surface area contributed by atoms with Gasteiger partial charge < -0.3 is 14.4 Å². The molecule has 2 rings (SSSR count). The Morgan fingerprint density at radius 1 is 1.25 bits per heavy atom. The normalized spacial score (nSPS) is 10.6. The SMILES string of the molecule is CCOc1ccc(C=CC(=O)N(C)Cc2ccccn2)cc1OC. The lowest BCUT2D eigenvalue weighted by Gasteiger charge is -2.14. The average Bonchev–Trinajstić information content (AvgIpc) is 2.61. The minimum Gasteiger partial charge on any atom is -0.493 e. The van der Waals surface area contributed by atoms with Gasteiger partial charge in [-0.15, -0.1) is 0 Å². The second-order valence-corrected chi connectivity index (χ2v) is 5.19. The number of benzene rings is 1. The number of amides is 1. The molecule has 0 spiro atoms. The molecular weight excluding hydrogens is 304 g/mol. The van der Waals surface area contributed by atoms with E-state index in [-0.39, 0.29) is 5.91 Å². The molecule has 0 bridgehead atoms. The van der Waals surface area contributed by atoms with Gasteiger partial charge in [0.05, 0.1) is 26.0 Å². The molecule has 0 N–H and O–H groups in total. The Morgan fingerprint density at radius 2 is 2.08 bits per heavy atom. The zero-order valence-electron chi connectivity index (χ0n) is 14.2. The van der Waals surface area contributed by atoms with E-state index in [1.807, 2.05) is 43.3 Å². The summed E-state index contributed by atoms with van der Waals surface area (Å²) < 4.78 is 10.8. The number of hydrogen-bond acceptors (Lipinski definition) is 4. The van der Waals surface area contributed by atoms with Crippen molar-refractivity contribution in [3.05, 3.63) is 59.9 Å². The van der Waals surface area contributed by atoms with Crippen LogP contribution in [0.1, 0.15) is 18.2 Å². The number of carbonyl (C=O) groups is 1. The van der Waals surface area contributed by atoms with Gasteiger partial charge in [-0.3, -0.25) is 9.78 Å². The number of aromatic nitrogens is 1. The second-order valence-electron chi connectivity index (χ2n) is 5.19. The summed E-state index contributed by atoms with van der Waals surface area (Å²) in [4.78, 5) is 18.0. The van der Waals surface area contributed by atoms with Crippen molar-refractivity contribution >= 4 is 12.0 Å². The number of likely N-dealkylation sites (N-methyl/N-ethyl adjacent to an activating group) is 1. The van der Waals surface area contributed by atoms with Crippen molar-refractivity contribution in [2.75, 3.05) is 20.8 Å². The van der Waals surface area contributed by atoms with E-state index in [4.69, 9.17) is 9.47 Å². The van der Waals surface area contributed by atoms with Gasteiger partial charge in [-0.05, 0) is 42.8 Å². The summed E-state index contributed by atoms with van der Waals surface area (Å²) in [6.07, 6.45) is 5.02. The predicted octanol–water partition coefficient (Wildman–Crippen LogP) is 3.16. The number of carbonyl (C=O) groups excluding carboxylic acids is 1. The smallest absolute Gasteiger partial charge is 0.246 e. The van der Waals surface area contributed by atoms with Crippen LogP contribution in [0.15, 0.2) is 48.7 Å². The van der Waals surface area contributed by atoms with E-state index in [1.165, 1.54) is 6.08 Å². The molecule has 0 aliphatic carbocycles. The Hall–Kier alpha value is -2.82. The number of nitrogens with zero attached hydrogens (tertiary/aromatic N) is 2. The van der Waals surface area contributed by atoms with Crippen molar-refractivity contribution in [2.24, 2.45) is 0 Å². The average molecular weight is 326 g/mol. The lowest BCUT2D eigenvalue weighted by molar-refractivity contribution is -0.125. The maximum Gasteiger partial charge on any atom is 0.246 e. The minimum absolute atomic E-state index is 0.0893. The Bertz CT molecular complexity index is 699. The van der Waals surface area contributed by atoms with E-state index in [2.05, 4.69) is 4.98 Å². The van der Waals surface area contributed by atoms with E-state index in [0.717, 1.165) is 11.3 Å². The van der Waals surface area contributed by atoms with Gasteiger partial charge in [0, 0.05) is 19.3 Å². The van der Waals surface area contributed by atoms with Crippen LogP contribution < -0.4 is 9.47 Å². The summed E-state index contributed by atoms with van der Waals surface area (Å²) in [6, 6.07) is 11.2. The first-order chi connectivity index (χ1) is 11.6. The highest BCUT2D eigenvalue weighted by Gasteiger charge is 2.07. The lowest BCUT2D eigenvalue weighted by Crippen LogP contribution is -2.24. The molecule has 0 radical (unpaired) electrons. The number of pyridine rings is 1. The summed E-state index contributed by atoms with van der Waals surface area (Å²) in [7, 11) is 3.34. The quantitative estimate of drug-likeness (QED) is 0.734. The van der Waals surface area contributed by atoms with Gasteiger partial charge in [-0.25, -0.2) is 0 Å². The van der Waals surface area contributed by atoms with Crippen molar-refractivity contribution < 1.29 is 14.3 Å². The third-order valence-electron chi connectivity index (χ3n) is 3.41. The summed E-state index contributed by atoms with van der Waals surface area (Å²) in [5, 5.41) is 0. The van der Waals surface area contributed by atoms with Crippen molar-refractivity contribution in [1.29, 1.82) is 0 Å². The standard InChI is InChI=1S/C19H22N2O3/c1-4-24-17-10-8-15(13-18(17)23-3)9-11-19(22)21(2)14-16-7-5-6-12-20-16/h5-13H,4,14H2,1-3H3. The fourth-order valence-corrected chi connectivity index (χ4v) is 2.17. The van der Waals surface area contributed by atoms with E-state index in [1.54, 1.807) is 31.3 Å². The van der Waals surface area contributed by atoms with Gasteiger partial charge in [0.1, 0.15) is 0 Å². The summed E-state index contributed by atoms with van der Waals surface area (Å²) in [5.74, 6) is 1.25. The fourth-order valence-electron chi connectivity index (χ4n) is 2.17. The second kappa shape index (κ2) is 8.72. The predicted molar refractivity (Wildman–Crippen MR) is 93.9 cm³/mol. The van der Waals surface area contributed by atoms with Gasteiger partial charge in [0.15, 0.2) is 11.5 Å². The molecule has 0 aliphatic rings. The van der Waals surface area contributed by atoms with E-state index >= 15 is 0 Å². The van der Waals surface area contributed by atoms with Crippen molar-refractivity contribution in [1.82, 2.24) is 9.88 Å². The van der Waals surface area contributed by atoms with Crippen LogP contribution in [0.25, 0.3) is 6.08 Å². The molecule has 1 aromatic heterocycles. The van der Waals surface area contributed by atoms with E-state index in [0.29, 0.717) is 24.7 Å². The molecule has 5 heteroatoms. The van der Waals surface area contributed by atoms with Gasteiger partial charge in [-0.1, -0.05) is 12.1 Å². The molecule has 0 aliphatic heterocycles. The zero-order valence-corrected chi connectivity index (χ0v) is 14.2. The van der Waals surface area contributed by atoms with Crippen LogP contribution in [0.4, 0.5) is 0 Å². The maximum atomic E-state index is 12.2. The van der Waals surface area contributed by atoms with E-state index in [9.17, 15) is 4.79 Å². The van der Waals surface area contributed by atoms with Crippen LogP contribution in [0.2, 0.25) is 0 Å². The summed E-state index contributed by atoms with van der Waals surface area (Å²) >= 11 is 0. The Balaban J connectivity index is 2.02. The molecule has 2 aromatic rings. The molecule has 0 saturated heterocycles. The summed E-state index contributed by atoms with van der Waals surface area (Å²) in [6.45, 7) is 2.96. The van der Waals surface area contributed by atoms with Crippen LogP contribution in [0.5, 0.6) is 11.5 Å². The van der Waals surface area contributed by atoms with Crippen molar-refractivity contribution in [2.45, 2.75) is 13.5 Å². The van der Waals surface area contributed by atoms with Crippen LogP contribution in [0.3, 0.4) is 0 Å². The molecule has 5 nitrogen and oxygen atoms in total. The highest BCUT2D eigenvalue weighted by Crippen LogP contribution is 2.28. The number of ether oxygens (including phenoxy) is 2. The van der Waals surface area contributed by atoms with Crippen LogP contribution in [-0.2, 0) is 11.3 Å².